The van der Waals surface area contributed by atoms with Gasteiger partial charge in [-0.3, -0.25) is 4.79 Å². The third kappa shape index (κ3) is 6.83. The van der Waals surface area contributed by atoms with Gasteiger partial charge in [-0.2, -0.15) is 0 Å². The van der Waals surface area contributed by atoms with Gasteiger partial charge in [-0.25, -0.2) is 4.79 Å². The van der Waals surface area contributed by atoms with Crippen LogP contribution in [0, 0.1) is 6.92 Å². The molecule has 62 valence electrons. The van der Waals surface area contributed by atoms with Crippen molar-refractivity contribution in [1.82, 2.24) is 0 Å². The zero-order valence-electron chi connectivity index (χ0n) is 6.17. The van der Waals surface area contributed by atoms with Gasteiger partial charge in [-0.05, 0) is 6.42 Å². The lowest BCUT2D eigenvalue weighted by molar-refractivity contribution is -0.144. The van der Waals surface area contributed by atoms with Gasteiger partial charge in [0, 0.05) is 6.42 Å². The van der Waals surface area contributed by atoms with E-state index in [2.05, 4.69) is 16.4 Å². The number of carbonyl (C=O) groups excluding carboxylic acids is 2. The third-order valence-electron chi connectivity index (χ3n) is 0.888. The van der Waals surface area contributed by atoms with Gasteiger partial charge in [-0.1, -0.05) is 6.92 Å². The van der Waals surface area contributed by atoms with E-state index in [9.17, 15) is 9.59 Å². The Morgan fingerprint density at radius 1 is 1.45 bits per heavy atom. The smallest absolute Gasteiger partial charge is 0.417 e. The van der Waals surface area contributed by atoms with Crippen molar-refractivity contribution in [2.24, 2.45) is 0 Å². The summed E-state index contributed by atoms with van der Waals surface area (Å²) in [6.07, 6.45) is 0.810. The minimum Gasteiger partial charge on any atom is -0.462 e. The molecule has 0 bridgehead atoms. The van der Waals surface area contributed by atoms with Crippen LogP contribution in [0.5, 0.6) is 0 Å². The molecule has 0 heterocycles. The molecular formula is C7H10O4. The number of ether oxygens (including phenoxy) is 2. The van der Waals surface area contributed by atoms with Crippen LogP contribution >= 0.6 is 0 Å². The fourth-order valence-corrected chi connectivity index (χ4v) is 0.455. The Hall–Kier alpha value is -1.06. The Morgan fingerprint density at radius 2 is 2.18 bits per heavy atom. The molecule has 0 unspecified atom stereocenters. The Bertz CT molecular complexity index is 122. The first-order chi connectivity index (χ1) is 5.31. The highest BCUT2D eigenvalue weighted by Crippen LogP contribution is 1.89. The number of hydrogen-bond acceptors (Lipinski definition) is 4. The minimum atomic E-state index is -0.325. The van der Waals surface area contributed by atoms with Crippen LogP contribution in [0.25, 0.3) is 0 Å². The van der Waals surface area contributed by atoms with Crippen molar-refractivity contribution >= 4 is 12.4 Å². The molecule has 0 aromatic heterocycles. The second-order valence-electron chi connectivity index (χ2n) is 1.76. The minimum absolute atomic E-state index is 0.0619. The van der Waals surface area contributed by atoms with Crippen LogP contribution in [0.15, 0.2) is 0 Å². The van der Waals surface area contributed by atoms with Crippen molar-refractivity contribution in [3.05, 3.63) is 6.92 Å². The van der Waals surface area contributed by atoms with Gasteiger partial charge in [-0.15, -0.1) is 0 Å². The summed E-state index contributed by atoms with van der Waals surface area (Å²) in [5.41, 5.74) is 0. The van der Waals surface area contributed by atoms with Crippen LogP contribution in [-0.4, -0.2) is 25.7 Å². The lowest BCUT2D eigenvalue weighted by Gasteiger charge is -2.00. The molecule has 0 atom stereocenters. The highest BCUT2D eigenvalue weighted by atomic mass is 16.6. The average Bonchev–Trinajstić information content (AvgIpc) is 1.99. The lowest BCUT2D eigenvalue weighted by atomic mass is 10.3. The van der Waals surface area contributed by atoms with Crippen molar-refractivity contribution in [3.8, 4) is 0 Å². The van der Waals surface area contributed by atoms with Gasteiger partial charge >= 0.3 is 12.4 Å². The van der Waals surface area contributed by atoms with Crippen molar-refractivity contribution in [3.63, 3.8) is 0 Å². The molecule has 0 N–H and O–H groups in total. The SMILES string of the molecule is [CH2]CCC(=O)OCCO[C]=O. The van der Waals surface area contributed by atoms with E-state index < -0.39 is 0 Å². The normalized spacial score (nSPS) is 8.82. The topological polar surface area (TPSA) is 52.6 Å². The molecule has 0 aromatic rings. The summed E-state index contributed by atoms with van der Waals surface area (Å²) in [5, 5.41) is 0. The van der Waals surface area contributed by atoms with Gasteiger partial charge in [0.25, 0.3) is 0 Å². The summed E-state index contributed by atoms with van der Waals surface area (Å²) in [5.74, 6) is -0.325. The lowest BCUT2D eigenvalue weighted by Crippen LogP contribution is -2.09. The van der Waals surface area contributed by atoms with Crippen LogP contribution in [0.4, 0.5) is 0 Å². The molecule has 4 heteroatoms. The van der Waals surface area contributed by atoms with E-state index in [0.29, 0.717) is 12.8 Å². The van der Waals surface area contributed by atoms with Crippen LogP contribution in [0.3, 0.4) is 0 Å². The monoisotopic (exact) mass is 158 g/mol. The van der Waals surface area contributed by atoms with Gasteiger partial charge in [0.1, 0.15) is 13.2 Å². The number of rotatable bonds is 6. The third-order valence-corrected chi connectivity index (χ3v) is 0.888. The molecule has 0 aromatic carbocycles. The Morgan fingerprint density at radius 3 is 2.73 bits per heavy atom. The first-order valence-corrected chi connectivity index (χ1v) is 3.25. The zero-order chi connectivity index (χ0) is 8.53. The van der Waals surface area contributed by atoms with Gasteiger partial charge in [0.2, 0.25) is 0 Å². The molecule has 11 heavy (non-hydrogen) atoms. The maximum Gasteiger partial charge on any atom is 0.417 e. The standard InChI is InChI=1S/C7H10O4/c1-2-3-7(9)11-5-4-10-6-8/h1-5H2. The number of esters is 1. The quantitative estimate of drug-likeness (QED) is 0.410. The fraction of sp³-hybridized carbons (Fsp3) is 0.571. The highest BCUT2D eigenvalue weighted by Gasteiger charge is 1.98. The molecule has 0 amide bonds. The first-order valence-electron chi connectivity index (χ1n) is 3.25. The second kappa shape index (κ2) is 7.05. The van der Waals surface area contributed by atoms with E-state index in [0.717, 1.165) is 0 Å². The molecule has 0 saturated heterocycles. The first kappa shape index (κ1) is 9.94. The molecule has 0 spiro atoms. The fourth-order valence-electron chi connectivity index (χ4n) is 0.455. The summed E-state index contributed by atoms with van der Waals surface area (Å²) < 4.78 is 8.77. The van der Waals surface area contributed by atoms with Gasteiger partial charge in [0.15, 0.2) is 0 Å². The summed E-state index contributed by atoms with van der Waals surface area (Å²) in [6, 6.07) is 0. The molecule has 2 radical (unpaired) electrons. The molecule has 0 rings (SSSR count). The molecule has 0 saturated carbocycles. The summed E-state index contributed by atoms with van der Waals surface area (Å²) in [4.78, 5) is 20.1. The van der Waals surface area contributed by atoms with Crippen LogP contribution in [0.2, 0.25) is 0 Å². The molecule has 0 fully saturated rings. The summed E-state index contributed by atoms with van der Waals surface area (Å²) in [6.45, 7) is 4.85. The highest BCUT2D eigenvalue weighted by molar-refractivity contribution is 5.69. The molecule has 4 nitrogen and oxygen atoms in total. The van der Waals surface area contributed by atoms with E-state index in [1.54, 1.807) is 0 Å². The van der Waals surface area contributed by atoms with Crippen LogP contribution < -0.4 is 0 Å². The summed E-state index contributed by atoms with van der Waals surface area (Å²) in [7, 11) is 0. The maximum atomic E-state index is 10.6. The summed E-state index contributed by atoms with van der Waals surface area (Å²) >= 11 is 0. The van der Waals surface area contributed by atoms with E-state index in [4.69, 9.17) is 0 Å². The van der Waals surface area contributed by atoms with Crippen LogP contribution in [-0.2, 0) is 19.1 Å². The van der Waals surface area contributed by atoms with Gasteiger partial charge < -0.3 is 9.47 Å². The van der Waals surface area contributed by atoms with Crippen molar-refractivity contribution < 1.29 is 19.1 Å². The maximum absolute atomic E-state index is 10.6. The van der Waals surface area contributed by atoms with E-state index >= 15 is 0 Å². The second-order valence-corrected chi connectivity index (χ2v) is 1.76. The van der Waals surface area contributed by atoms with Crippen LogP contribution in [0.1, 0.15) is 12.8 Å². The zero-order valence-corrected chi connectivity index (χ0v) is 6.17. The molecule has 0 aliphatic heterocycles. The van der Waals surface area contributed by atoms with Crippen molar-refractivity contribution in [1.29, 1.82) is 0 Å². The van der Waals surface area contributed by atoms with Gasteiger partial charge in [0.05, 0.1) is 0 Å². The predicted octanol–water partition coefficient (Wildman–Crippen LogP) is 0.228. The average molecular weight is 158 g/mol. The van der Waals surface area contributed by atoms with E-state index in [1.165, 1.54) is 6.47 Å². The largest absolute Gasteiger partial charge is 0.462 e. The van der Waals surface area contributed by atoms with E-state index in [1.807, 2.05) is 0 Å². The molecule has 0 aliphatic carbocycles. The number of hydrogen-bond donors (Lipinski definition) is 0. The Kier molecular flexibility index (Phi) is 6.37. The molecule has 0 aliphatic rings. The van der Waals surface area contributed by atoms with Crippen molar-refractivity contribution in [2.75, 3.05) is 13.2 Å². The Labute approximate surface area is 65.5 Å². The number of carbonyl (C=O) groups is 1. The van der Waals surface area contributed by atoms with Crippen molar-refractivity contribution in [2.45, 2.75) is 12.8 Å². The molecular weight excluding hydrogens is 148 g/mol. The predicted molar refractivity (Wildman–Crippen MR) is 37.2 cm³/mol. The Balaban J connectivity index is 3.10. The van der Waals surface area contributed by atoms with E-state index in [-0.39, 0.29) is 19.2 Å².